The second kappa shape index (κ2) is 8.80. The summed E-state index contributed by atoms with van der Waals surface area (Å²) in [5.41, 5.74) is 0.589. The molecule has 4 nitrogen and oxygen atoms in total. The quantitative estimate of drug-likeness (QED) is 0.288. The van der Waals surface area contributed by atoms with E-state index in [0.29, 0.717) is 38.3 Å². The largest absolute Gasteiger partial charge is 0.422 e. The van der Waals surface area contributed by atoms with E-state index < -0.39 is 11.9 Å². The number of fused-ring (bicyclic) bond motifs is 1. The Morgan fingerprint density at radius 3 is 1.97 bits per heavy atom. The van der Waals surface area contributed by atoms with E-state index in [1.165, 1.54) is 11.8 Å². The highest BCUT2D eigenvalue weighted by molar-refractivity contribution is 7.99. The Morgan fingerprint density at radius 1 is 0.793 bits per heavy atom. The molecule has 0 saturated carbocycles. The number of benzene rings is 3. The summed E-state index contributed by atoms with van der Waals surface area (Å²) in [4.78, 5) is 26.0. The number of esters is 2. The van der Waals surface area contributed by atoms with Crippen LogP contribution in [0, 0.1) is 0 Å². The standard InChI is InChI=1S/C24H20O4S/c1-15(2)23(25)27-20-14-21(29-17-10-6-5-7-11-17)22(28-24(26)16(3)4)19-13-9-8-12-18(19)20/h5-14H,1,3H2,2,4H3. The maximum atomic E-state index is 12.3. The molecule has 3 rings (SSSR count). The molecule has 0 saturated heterocycles. The molecule has 0 fully saturated rings. The van der Waals surface area contributed by atoms with Gasteiger partial charge in [-0.25, -0.2) is 9.59 Å². The predicted octanol–water partition coefficient (Wildman–Crippen LogP) is 5.95. The monoisotopic (exact) mass is 404 g/mol. The fourth-order valence-electron chi connectivity index (χ4n) is 2.54. The Labute approximate surface area is 173 Å². The van der Waals surface area contributed by atoms with Crippen molar-refractivity contribution in [1.82, 2.24) is 0 Å². The van der Waals surface area contributed by atoms with Crippen molar-refractivity contribution in [2.45, 2.75) is 23.6 Å². The molecular weight excluding hydrogens is 384 g/mol. The normalized spacial score (nSPS) is 10.4. The van der Waals surface area contributed by atoms with Crippen LogP contribution in [0.15, 0.2) is 94.8 Å². The lowest BCUT2D eigenvalue weighted by Gasteiger charge is -2.16. The zero-order valence-electron chi connectivity index (χ0n) is 16.2. The van der Waals surface area contributed by atoms with Crippen LogP contribution in [-0.4, -0.2) is 11.9 Å². The van der Waals surface area contributed by atoms with Crippen LogP contribution in [0.3, 0.4) is 0 Å². The van der Waals surface area contributed by atoms with Crippen molar-refractivity contribution >= 4 is 34.5 Å². The molecule has 0 aliphatic rings. The molecule has 0 spiro atoms. The van der Waals surface area contributed by atoms with Crippen LogP contribution in [0.4, 0.5) is 0 Å². The molecule has 146 valence electrons. The molecule has 3 aromatic rings. The highest BCUT2D eigenvalue weighted by Crippen LogP contribution is 2.44. The number of carbonyl (C=O) groups is 2. The van der Waals surface area contributed by atoms with Gasteiger partial charge in [0.25, 0.3) is 0 Å². The molecule has 0 radical (unpaired) electrons. The minimum absolute atomic E-state index is 0.294. The highest BCUT2D eigenvalue weighted by atomic mass is 32.2. The van der Waals surface area contributed by atoms with Gasteiger partial charge in [0.1, 0.15) is 5.75 Å². The minimum atomic E-state index is -0.517. The number of carbonyl (C=O) groups excluding carboxylic acids is 2. The summed E-state index contributed by atoms with van der Waals surface area (Å²) in [5.74, 6) is -0.256. The summed E-state index contributed by atoms with van der Waals surface area (Å²) in [6.07, 6.45) is 0. The smallest absolute Gasteiger partial charge is 0.338 e. The van der Waals surface area contributed by atoms with E-state index in [-0.39, 0.29) is 0 Å². The van der Waals surface area contributed by atoms with E-state index in [1.807, 2.05) is 54.6 Å². The maximum absolute atomic E-state index is 12.3. The fraction of sp³-hybridized carbons (Fsp3) is 0.0833. The molecular formula is C24H20O4S. The first-order chi connectivity index (χ1) is 13.9. The van der Waals surface area contributed by atoms with E-state index in [4.69, 9.17) is 9.47 Å². The molecule has 0 aliphatic heterocycles. The first kappa shape index (κ1) is 20.4. The van der Waals surface area contributed by atoms with Crippen molar-refractivity contribution in [1.29, 1.82) is 0 Å². The molecule has 0 aromatic heterocycles. The van der Waals surface area contributed by atoms with Crippen molar-refractivity contribution in [2.75, 3.05) is 0 Å². The lowest BCUT2D eigenvalue weighted by atomic mass is 10.1. The van der Waals surface area contributed by atoms with Crippen LogP contribution >= 0.6 is 11.8 Å². The second-order valence-electron chi connectivity index (χ2n) is 6.50. The van der Waals surface area contributed by atoms with E-state index in [0.717, 1.165) is 4.90 Å². The summed E-state index contributed by atoms with van der Waals surface area (Å²) < 4.78 is 11.2. The molecule has 0 bridgehead atoms. The lowest BCUT2D eigenvalue weighted by Crippen LogP contribution is -2.11. The van der Waals surface area contributed by atoms with Crippen LogP contribution in [0.25, 0.3) is 10.8 Å². The number of rotatable bonds is 6. The van der Waals surface area contributed by atoms with E-state index in [1.54, 1.807) is 19.9 Å². The summed E-state index contributed by atoms with van der Waals surface area (Å²) >= 11 is 1.41. The van der Waals surface area contributed by atoms with Gasteiger partial charge in [-0.05, 0) is 32.0 Å². The lowest BCUT2D eigenvalue weighted by molar-refractivity contribution is -0.131. The Bertz CT molecular complexity index is 1120. The van der Waals surface area contributed by atoms with Gasteiger partial charge in [-0.2, -0.15) is 0 Å². The van der Waals surface area contributed by atoms with Crippen molar-refractivity contribution in [3.8, 4) is 11.5 Å². The first-order valence-electron chi connectivity index (χ1n) is 8.91. The van der Waals surface area contributed by atoms with Gasteiger partial charge in [0.05, 0.1) is 4.90 Å². The number of hydrogen-bond acceptors (Lipinski definition) is 5. The summed E-state index contributed by atoms with van der Waals surface area (Å²) in [6, 6.07) is 18.7. The zero-order valence-corrected chi connectivity index (χ0v) is 17.0. The maximum Gasteiger partial charge on any atom is 0.338 e. The van der Waals surface area contributed by atoms with Crippen LogP contribution < -0.4 is 9.47 Å². The third-order valence-corrected chi connectivity index (χ3v) is 5.02. The first-order valence-corrected chi connectivity index (χ1v) is 9.72. The highest BCUT2D eigenvalue weighted by Gasteiger charge is 2.20. The van der Waals surface area contributed by atoms with E-state index in [2.05, 4.69) is 13.2 Å². The van der Waals surface area contributed by atoms with Crippen molar-refractivity contribution < 1.29 is 19.1 Å². The van der Waals surface area contributed by atoms with Crippen LogP contribution in [0.2, 0.25) is 0 Å². The number of hydrogen-bond donors (Lipinski definition) is 0. The van der Waals surface area contributed by atoms with Crippen molar-refractivity contribution in [3.63, 3.8) is 0 Å². The molecule has 0 aliphatic carbocycles. The Kier molecular flexibility index (Phi) is 6.20. The number of ether oxygens (including phenoxy) is 2. The van der Waals surface area contributed by atoms with Gasteiger partial charge in [-0.3, -0.25) is 0 Å². The Hall–Kier alpha value is -3.31. The third-order valence-electron chi connectivity index (χ3n) is 3.99. The fourth-order valence-corrected chi connectivity index (χ4v) is 3.50. The summed E-state index contributed by atoms with van der Waals surface area (Å²) in [5, 5.41) is 1.32. The topological polar surface area (TPSA) is 52.6 Å². The van der Waals surface area contributed by atoms with Crippen LogP contribution in [0.5, 0.6) is 11.5 Å². The van der Waals surface area contributed by atoms with Gasteiger partial charge in [-0.1, -0.05) is 67.4 Å². The molecule has 0 N–H and O–H groups in total. The molecule has 5 heteroatoms. The van der Waals surface area contributed by atoms with Gasteiger partial charge < -0.3 is 9.47 Å². The van der Waals surface area contributed by atoms with Crippen molar-refractivity contribution in [3.05, 3.63) is 85.0 Å². The Balaban J connectivity index is 2.20. The predicted molar refractivity (Wildman–Crippen MR) is 115 cm³/mol. The molecule has 0 atom stereocenters. The van der Waals surface area contributed by atoms with E-state index in [9.17, 15) is 9.59 Å². The van der Waals surface area contributed by atoms with Gasteiger partial charge in [-0.15, -0.1) is 0 Å². The summed E-state index contributed by atoms with van der Waals surface area (Å²) in [7, 11) is 0. The van der Waals surface area contributed by atoms with Gasteiger partial charge >= 0.3 is 11.9 Å². The molecule has 29 heavy (non-hydrogen) atoms. The average Bonchev–Trinajstić information content (AvgIpc) is 2.71. The zero-order chi connectivity index (χ0) is 21.0. The Morgan fingerprint density at radius 2 is 1.34 bits per heavy atom. The second-order valence-corrected chi connectivity index (χ2v) is 7.62. The molecule has 0 heterocycles. The molecule has 0 unspecified atom stereocenters. The van der Waals surface area contributed by atoms with Crippen LogP contribution in [-0.2, 0) is 9.59 Å². The molecule has 0 amide bonds. The average molecular weight is 404 g/mol. The SMILES string of the molecule is C=C(C)C(=O)Oc1cc(Sc2ccccc2)c(OC(=O)C(=C)C)c2ccccc12. The van der Waals surface area contributed by atoms with Crippen LogP contribution in [0.1, 0.15) is 13.8 Å². The van der Waals surface area contributed by atoms with Gasteiger partial charge in [0, 0.05) is 26.8 Å². The van der Waals surface area contributed by atoms with E-state index >= 15 is 0 Å². The molecule has 3 aromatic carbocycles. The van der Waals surface area contributed by atoms with Gasteiger partial charge in [0.15, 0.2) is 5.75 Å². The minimum Gasteiger partial charge on any atom is -0.422 e. The van der Waals surface area contributed by atoms with Crippen molar-refractivity contribution in [2.24, 2.45) is 0 Å². The van der Waals surface area contributed by atoms with Gasteiger partial charge in [0.2, 0.25) is 0 Å². The third kappa shape index (κ3) is 4.76. The summed E-state index contributed by atoms with van der Waals surface area (Å²) in [6.45, 7) is 10.5.